The summed E-state index contributed by atoms with van der Waals surface area (Å²) >= 11 is 17.5. The van der Waals surface area contributed by atoms with Gasteiger partial charge in [-0.25, -0.2) is 0 Å². The second kappa shape index (κ2) is 6.46. The molecule has 2 rings (SSSR count). The van der Waals surface area contributed by atoms with Crippen molar-refractivity contribution in [1.82, 2.24) is 4.90 Å². The van der Waals surface area contributed by atoms with Crippen LogP contribution in [0.2, 0.25) is 10.0 Å². The maximum Gasteiger partial charge on any atom is 0.242 e. The number of halogens is 3. The number of nitrogens with one attached hydrogen (secondary N) is 1. The number of amidine groups is 1. The lowest BCUT2D eigenvalue weighted by molar-refractivity contribution is -0.124. The standard InChI is InChI=1S/C12H12Cl3N3O/c13-7-11(19)18-6-2-5-10(18)17-16-9-4-1-3-8(14)12(9)15/h1,3-4,16H,2,5-7H2. The molecule has 0 unspecified atom stereocenters. The van der Waals surface area contributed by atoms with Crippen molar-refractivity contribution < 1.29 is 4.79 Å². The molecule has 19 heavy (non-hydrogen) atoms. The molecule has 0 radical (unpaired) electrons. The largest absolute Gasteiger partial charge is 0.298 e. The zero-order chi connectivity index (χ0) is 13.8. The van der Waals surface area contributed by atoms with E-state index in [0.717, 1.165) is 12.8 Å². The molecule has 1 heterocycles. The third kappa shape index (κ3) is 3.32. The van der Waals surface area contributed by atoms with Gasteiger partial charge in [0.15, 0.2) is 0 Å². The van der Waals surface area contributed by atoms with E-state index in [1.807, 2.05) is 0 Å². The molecule has 1 fully saturated rings. The van der Waals surface area contributed by atoms with Gasteiger partial charge in [0, 0.05) is 13.0 Å². The molecule has 0 spiro atoms. The highest BCUT2D eigenvalue weighted by molar-refractivity contribution is 6.43. The van der Waals surface area contributed by atoms with Crippen molar-refractivity contribution in [2.45, 2.75) is 12.8 Å². The fourth-order valence-corrected chi connectivity index (χ4v) is 2.32. The van der Waals surface area contributed by atoms with Crippen LogP contribution >= 0.6 is 34.8 Å². The van der Waals surface area contributed by atoms with Crippen molar-refractivity contribution in [1.29, 1.82) is 0 Å². The van der Waals surface area contributed by atoms with Crippen LogP contribution in [0.3, 0.4) is 0 Å². The number of rotatable bonds is 3. The molecule has 1 aromatic rings. The minimum absolute atomic E-state index is 0.0447. The summed E-state index contributed by atoms with van der Waals surface area (Å²) in [5.74, 6) is 0.482. The summed E-state index contributed by atoms with van der Waals surface area (Å²) in [5.41, 5.74) is 3.44. The van der Waals surface area contributed by atoms with Gasteiger partial charge in [0.25, 0.3) is 0 Å². The monoisotopic (exact) mass is 319 g/mol. The normalized spacial score (nSPS) is 17.0. The molecule has 0 saturated carbocycles. The molecule has 4 nitrogen and oxygen atoms in total. The molecule has 7 heteroatoms. The highest BCUT2D eigenvalue weighted by Gasteiger charge is 2.24. The lowest BCUT2D eigenvalue weighted by Crippen LogP contribution is -2.33. The summed E-state index contributed by atoms with van der Waals surface area (Å²) in [6, 6.07) is 5.23. The van der Waals surface area contributed by atoms with Gasteiger partial charge in [-0.05, 0) is 18.6 Å². The van der Waals surface area contributed by atoms with Gasteiger partial charge in [0.1, 0.15) is 11.7 Å². The molecular formula is C12H12Cl3N3O. The number of hydrogen-bond donors (Lipinski definition) is 1. The van der Waals surface area contributed by atoms with Crippen LogP contribution in [-0.2, 0) is 4.79 Å². The molecule has 1 aromatic carbocycles. The summed E-state index contributed by atoms with van der Waals surface area (Å²) in [5, 5.41) is 5.07. The number of benzene rings is 1. The first kappa shape index (κ1) is 14.4. The number of hydrazone groups is 1. The Kier molecular flexibility index (Phi) is 4.91. The average molecular weight is 321 g/mol. The average Bonchev–Trinajstić information content (AvgIpc) is 2.88. The van der Waals surface area contributed by atoms with Crippen molar-refractivity contribution in [3.05, 3.63) is 28.2 Å². The van der Waals surface area contributed by atoms with Gasteiger partial charge in [-0.3, -0.25) is 15.1 Å². The molecule has 0 atom stereocenters. The molecule has 0 aliphatic carbocycles. The number of hydrogen-bond acceptors (Lipinski definition) is 3. The van der Waals surface area contributed by atoms with Crippen molar-refractivity contribution in [3.63, 3.8) is 0 Å². The maximum atomic E-state index is 11.6. The fourth-order valence-electron chi connectivity index (χ4n) is 1.83. The molecule has 0 aromatic heterocycles. The fraction of sp³-hybridized carbons (Fsp3) is 0.333. The van der Waals surface area contributed by atoms with Gasteiger partial charge in [0.05, 0.1) is 15.7 Å². The van der Waals surface area contributed by atoms with Crippen LogP contribution in [0.15, 0.2) is 23.3 Å². The van der Waals surface area contributed by atoms with Crippen LogP contribution in [0.25, 0.3) is 0 Å². The number of amides is 1. The van der Waals surface area contributed by atoms with E-state index in [1.165, 1.54) is 0 Å². The summed E-state index contributed by atoms with van der Waals surface area (Å²) in [6.07, 6.45) is 1.61. The van der Waals surface area contributed by atoms with Gasteiger partial charge < -0.3 is 0 Å². The van der Waals surface area contributed by atoms with E-state index in [1.54, 1.807) is 23.1 Å². The third-order valence-corrected chi connectivity index (χ3v) is 3.81. The smallest absolute Gasteiger partial charge is 0.242 e. The van der Waals surface area contributed by atoms with Crippen molar-refractivity contribution in [2.24, 2.45) is 5.10 Å². The zero-order valence-electron chi connectivity index (χ0n) is 10.00. The number of nitrogens with zero attached hydrogens (tertiary/aromatic N) is 2. The van der Waals surface area contributed by atoms with Crippen LogP contribution < -0.4 is 5.43 Å². The lowest BCUT2D eigenvalue weighted by atomic mass is 10.3. The number of alkyl halides is 1. The summed E-state index contributed by atoms with van der Waals surface area (Å²) in [4.78, 5) is 13.2. The van der Waals surface area contributed by atoms with Crippen molar-refractivity contribution in [2.75, 3.05) is 17.9 Å². The van der Waals surface area contributed by atoms with Crippen LogP contribution in [-0.4, -0.2) is 29.1 Å². The van der Waals surface area contributed by atoms with Crippen LogP contribution in [0.5, 0.6) is 0 Å². The predicted octanol–water partition coefficient (Wildman–Crippen LogP) is 3.58. The minimum atomic E-state index is -0.142. The highest BCUT2D eigenvalue weighted by atomic mass is 35.5. The van der Waals surface area contributed by atoms with Crippen molar-refractivity contribution in [3.8, 4) is 0 Å². The molecule has 1 aliphatic heterocycles. The van der Waals surface area contributed by atoms with E-state index >= 15 is 0 Å². The highest BCUT2D eigenvalue weighted by Crippen LogP contribution is 2.29. The van der Waals surface area contributed by atoms with E-state index in [-0.39, 0.29) is 11.8 Å². The zero-order valence-corrected chi connectivity index (χ0v) is 12.3. The maximum absolute atomic E-state index is 11.6. The van der Waals surface area contributed by atoms with Gasteiger partial charge in [-0.15, -0.1) is 11.6 Å². The van der Waals surface area contributed by atoms with Crippen LogP contribution in [0.4, 0.5) is 5.69 Å². The Labute approximate surface area is 126 Å². The summed E-state index contributed by atoms with van der Waals surface area (Å²) in [6.45, 7) is 0.648. The van der Waals surface area contributed by atoms with E-state index < -0.39 is 0 Å². The van der Waals surface area contributed by atoms with Crippen LogP contribution in [0, 0.1) is 0 Å². The van der Waals surface area contributed by atoms with Crippen LogP contribution in [0.1, 0.15) is 12.8 Å². The number of carbonyl (C=O) groups is 1. The molecule has 102 valence electrons. The summed E-state index contributed by atoms with van der Waals surface area (Å²) < 4.78 is 0. The molecule has 1 aliphatic rings. The Balaban J connectivity index is 2.13. The van der Waals surface area contributed by atoms with Gasteiger partial charge in [-0.2, -0.15) is 5.10 Å². The molecular weight excluding hydrogens is 309 g/mol. The second-order valence-electron chi connectivity index (χ2n) is 4.02. The quantitative estimate of drug-likeness (QED) is 0.683. The Morgan fingerprint density at radius 1 is 1.42 bits per heavy atom. The molecule has 1 amide bonds. The first-order valence-electron chi connectivity index (χ1n) is 5.76. The molecule has 0 bridgehead atoms. The van der Waals surface area contributed by atoms with Crippen molar-refractivity contribution >= 4 is 52.2 Å². The molecule has 1 saturated heterocycles. The first-order valence-corrected chi connectivity index (χ1v) is 7.05. The van der Waals surface area contributed by atoms with E-state index in [2.05, 4.69) is 10.5 Å². The Morgan fingerprint density at radius 2 is 2.21 bits per heavy atom. The van der Waals surface area contributed by atoms with E-state index in [0.29, 0.717) is 28.1 Å². The topological polar surface area (TPSA) is 44.7 Å². The van der Waals surface area contributed by atoms with E-state index in [9.17, 15) is 4.79 Å². The SMILES string of the molecule is O=C(CCl)N1CCCC1=NNc1cccc(Cl)c1Cl. The second-order valence-corrected chi connectivity index (χ2v) is 5.08. The minimum Gasteiger partial charge on any atom is -0.298 e. The number of likely N-dealkylation sites (tertiary alicyclic amines) is 1. The van der Waals surface area contributed by atoms with Gasteiger partial charge in [-0.1, -0.05) is 29.3 Å². The Hall–Kier alpha value is -0.970. The third-order valence-electron chi connectivity index (χ3n) is 2.77. The van der Waals surface area contributed by atoms with Gasteiger partial charge >= 0.3 is 0 Å². The van der Waals surface area contributed by atoms with Gasteiger partial charge in [0.2, 0.25) is 5.91 Å². The lowest BCUT2D eigenvalue weighted by Gasteiger charge is -2.15. The Bertz CT molecular complexity index is 519. The molecule has 1 N–H and O–H groups in total. The first-order chi connectivity index (χ1) is 9.13. The van der Waals surface area contributed by atoms with E-state index in [4.69, 9.17) is 34.8 Å². The number of anilines is 1. The Morgan fingerprint density at radius 3 is 2.95 bits per heavy atom. The predicted molar refractivity (Wildman–Crippen MR) is 79.2 cm³/mol. The summed E-state index contributed by atoms with van der Waals surface area (Å²) in [7, 11) is 0. The number of carbonyl (C=O) groups excluding carboxylic acids is 1.